The zero-order chi connectivity index (χ0) is 14.7. The fourth-order valence-electron chi connectivity index (χ4n) is 2.39. The first-order valence-corrected chi connectivity index (χ1v) is 7.93. The van der Waals surface area contributed by atoms with E-state index in [1.54, 1.807) is 11.3 Å². The molecule has 0 aliphatic heterocycles. The van der Waals surface area contributed by atoms with Gasteiger partial charge in [-0.25, -0.2) is 0 Å². The molecule has 1 aromatic carbocycles. The summed E-state index contributed by atoms with van der Waals surface area (Å²) < 4.78 is 0. The quantitative estimate of drug-likeness (QED) is 0.758. The third-order valence-corrected chi connectivity index (χ3v) is 4.28. The van der Waals surface area contributed by atoms with Crippen LogP contribution in [0, 0.1) is 6.92 Å². The number of thiophene rings is 1. The molecule has 0 spiro atoms. The van der Waals surface area contributed by atoms with Crippen molar-refractivity contribution in [1.82, 2.24) is 10.3 Å². The summed E-state index contributed by atoms with van der Waals surface area (Å²) in [5.74, 6) is 0. The molecule has 2 aromatic heterocycles. The van der Waals surface area contributed by atoms with Gasteiger partial charge in [0.05, 0.1) is 18.2 Å². The Morgan fingerprint density at radius 2 is 2.14 bits per heavy atom. The number of hydrogen-bond donors (Lipinski definition) is 2. The van der Waals surface area contributed by atoms with Crippen molar-refractivity contribution in [3.05, 3.63) is 64.0 Å². The third kappa shape index (κ3) is 3.29. The number of rotatable bonds is 5. The first-order chi connectivity index (χ1) is 10.3. The van der Waals surface area contributed by atoms with Crippen LogP contribution in [0.5, 0.6) is 0 Å². The van der Waals surface area contributed by atoms with Crippen LogP contribution in [0.3, 0.4) is 0 Å². The smallest absolute Gasteiger partial charge is 0.0705 e. The number of pyridine rings is 1. The van der Waals surface area contributed by atoms with Gasteiger partial charge in [-0.1, -0.05) is 12.1 Å². The van der Waals surface area contributed by atoms with E-state index < -0.39 is 0 Å². The summed E-state index contributed by atoms with van der Waals surface area (Å²) in [6, 6.07) is 12.5. The molecule has 21 heavy (non-hydrogen) atoms. The van der Waals surface area contributed by atoms with E-state index in [2.05, 4.69) is 39.9 Å². The Morgan fingerprint density at radius 3 is 2.90 bits per heavy atom. The Bertz CT molecular complexity index is 725. The summed E-state index contributed by atoms with van der Waals surface area (Å²) in [4.78, 5) is 4.51. The highest BCUT2D eigenvalue weighted by atomic mass is 32.1. The van der Waals surface area contributed by atoms with Gasteiger partial charge >= 0.3 is 0 Å². The van der Waals surface area contributed by atoms with Crippen molar-refractivity contribution >= 4 is 22.2 Å². The molecule has 1 atom stereocenters. The number of aryl methyl sites for hydroxylation is 1. The second kappa shape index (κ2) is 6.35. The van der Waals surface area contributed by atoms with Crippen molar-refractivity contribution in [2.45, 2.75) is 19.5 Å². The fourth-order valence-corrected chi connectivity index (χ4v) is 3.10. The van der Waals surface area contributed by atoms with Crippen molar-refractivity contribution in [3.63, 3.8) is 0 Å². The Kier molecular flexibility index (Phi) is 4.29. The second-order valence-corrected chi connectivity index (χ2v) is 5.93. The molecule has 3 nitrogen and oxygen atoms in total. The first-order valence-electron chi connectivity index (χ1n) is 6.99. The number of nitrogens with one attached hydrogen (secondary N) is 1. The highest BCUT2D eigenvalue weighted by Crippen LogP contribution is 2.18. The summed E-state index contributed by atoms with van der Waals surface area (Å²) in [7, 11) is 0. The van der Waals surface area contributed by atoms with Gasteiger partial charge in [0.2, 0.25) is 0 Å². The summed E-state index contributed by atoms with van der Waals surface area (Å²) in [6.45, 7) is 2.83. The maximum absolute atomic E-state index is 9.51. The molecule has 4 heteroatoms. The molecule has 0 aliphatic rings. The average Bonchev–Trinajstić information content (AvgIpc) is 3.02. The summed E-state index contributed by atoms with van der Waals surface area (Å²) in [5, 5.41) is 18.2. The Labute approximate surface area is 128 Å². The molecule has 3 aromatic rings. The molecule has 3 rings (SSSR count). The topological polar surface area (TPSA) is 45.1 Å². The highest BCUT2D eigenvalue weighted by Gasteiger charge is 2.10. The van der Waals surface area contributed by atoms with Gasteiger partial charge in [0.15, 0.2) is 0 Å². The minimum Gasteiger partial charge on any atom is -0.394 e. The zero-order valence-electron chi connectivity index (χ0n) is 11.9. The SMILES string of the molecule is Cc1ccc2cc(CN[C@H](CO)c3ccsc3)ccc2n1. The van der Waals surface area contributed by atoms with Gasteiger partial charge in [-0.05, 0) is 53.1 Å². The monoisotopic (exact) mass is 298 g/mol. The Hall–Kier alpha value is -1.75. The maximum atomic E-state index is 9.51. The summed E-state index contributed by atoms with van der Waals surface area (Å²) in [6.07, 6.45) is 0. The highest BCUT2D eigenvalue weighted by molar-refractivity contribution is 7.07. The van der Waals surface area contributed by atoms with Crippen molar-refractivity contribution in [3.8, 4) is 0 Å². The summed E-state index contributed by atoms with van der Waals surface area (Å²) in [5.41, 5.74) is 4.39. The van der Waals surface area contributed by atoms with E-state index in [0.717, 1.165) is 28.7 Å². The Balaban J connectivity index is 1.74. The van der Waals surface area contributed by atoms with E-state index >= 15 is 0 Å². The number of aliphatic hydroxyl groups excluding tert-OH is 1. The van der Waals surface area contributed by atoms with E-state index in [9.17, 15) is 5.11 Å². The lowest BCUT2D eigenvalue weighted by atomic mass is 10.1. The van der Waals surface area contributed by atoms with Crippen LogP contribution in [-0.4, -0.2) is 16.7 Å². The average molecular weight is 298 g/mol. The molecule has 2 heterocycles. The van der Waals surface area contributed by atoms with Crippen molar-refractivity contribution in [1.29, 1.82) is 0 Å². The second-order valence-electron chi connectivity index (χ2n) is 5.15. The molecule has 0 amide bonds. The first kappa shape index (κ1) is 14.2. The van der Waals surface area contributed by atoms with Gasteiger partial charge in [0, 0.05) is 17.6 Å². The van der Waals surface area contributed by atoms with Gasteiger partial charge < -0.3 is 10.4 Å². The minimum atomic E-state index is -0.0110. The molecule has 0 unspecified atom stereocenters. The molecule has 0 bridgehead atoms. The molecule has 108 valence electrons. The Morgan fingerprint density at radius 1 is 1.24 bits per heavy atom. The third-order valence-electron chi connectivity index (χ3n) is 3.57. The lowest BCUT2D eigenvalue weighted by Crippen LogP contribution is -2.23. The van der Waals surface area contributed by atoms with Crippen LogP contribution in [-0.2, 0) is 6.54 Å². The van der Waals surface area contributed by atoms with Gasteiger partial charge in [-0.15, -0.1) is 0 Å². The number of fused-ring (bicyclic) bond motifs is 1. The van der Waals surface area contributed by atoms with Crippen LogP contribution in [0.25, 0.3) is 10.9 Å². The predicted octanol–water partition coefficient (Wildman–Crippen LogP) is 3.43. The van der Waals surface area contributed by atoms with Crippen molar-refractivity contribution in [2.24, 2.45) is 0 Å². The van der Waals surface area contributed by atoms with Crippen LogP contribution >= 0.6 is 11.3 Å². The van der Waals surface area contributed by atoms with Crippen LogP contribution in [0.4, 0.5) is 0 Å². The molecule has 0 fully saturated rings. The van der Waals surface area contributed by atoms with Gasteiger partial charge in [0.25, 0.3) is 0 Å². The minimum absolute atomic E-state index is 0.0110. The maximum Gasteiger partial charge on any atom is 0.0705 e. The summed E-state index contributed by atoms with van der Waals surface area (Å²) >= 11 is 1.65. The molecule has 0 saturated carbocycles. The fraction of sp³-hybridized carbons (Fsp3) is 0.235. The molecule has 2 N–H and O–H groups in total. The molecular weight excluding hydrogens is 280 g/mol. The van der Waals surface area contributed by atoms with E-state index in [1.807, 2.05) is 24.4 Å². The van der Waals surface area contributed by atoms with Crippen LogP contribution in [0.1, 0.15) is 22.9 Å². The largest absolute Gasteiger partial charge is 0.394 e. The standard InChI is InChI=1S/C17H18N2OS/c1-12-2-4-14-8-13(3-5-16(14)19-12)9-18-17(10-20)15-6-7-21-11-15/h2-8,11,17-18,20H,9-10H2,1H3/t17-/m1/s1. The van der Waals surface area contributed by atoms with E-state index in [-0.39, 0.29) is 12.6 Å². The predicted molar refractivity (Wildman–Crippen MR) is 87.5 cm³/mol. The number of aromatic nitrogens is 1. The van der Waals surface area contributed by atoms with E-state index in [0.29, 0.717) is 0 Å². The van der Waals surface area contributed by atoms with Gasteiger partial charge in [-0.3, -0.25) is 4.98 Å². The van der Waals surface area contributed by atoms with Crippen molar-refractivity contribution < 1.29 is 5.11 Å². The number of nitrogens with zero attached hydrogens (tertiary/aromatic N) is 1. The van der Waals surface area contributed by atoms with Crippen molar-refractivity contribution in [2.75, 3.05) is 6.61 Å². The zero-order valence-corrected chi connectivity index (χ0v) is 12.7. The lowest BCUT2D eigenvalue weighted by molar-refractivity contribution is 0.244. The van der Waals surface area contributed by atoms with Crippen LogP contribution < -0.4 is 5.32 Å². The van der Waals surface area contributed by atoms with Crippen LogP contribution in [0.2, 0.25) is 0 Å². The van der Waals surface area contributed by atoms with E-state index in [1.165, 1.54) is 5.56 Å². The van der Waals surface area contributed by atoms with Gasteiger partial charge in [0.1, 0.15) is 0 Å². The normalized spacial score (nSPS) is 12.7. The lowest BCUT2D eigenvalue weighted by Gasteiger charge is -2.15. The molecule has 0 saturated heterocycles. The van der Waals surface area contributed by atoms with E-state index in [4.69, 9.17) is 0 Å². The molecular formula is C17H18N2OS. The van der Waals surface area contributed by atoms with Crippen LogP contribution in [0.15, 0.2) is 47.2 Å². The van der Waals surface area contributed by atoms with Gasteiger partial charge in [-0.2, -0.15) is 11.3 Å². The number of benzene rings is 1. The number of aliphatic hydroxyl groups is 1. The molecule has 0 aliphatic carbocycles. The number of hydrogen-bond acceptors (Lipinski definition) is 4. The molecule has 0 radical (unpaired) electrons.